The lowest BCUT2D eigenvalue weighted by Gasteiger charge is -2.08. The van der Waals surface area contributed by atoms with Gasteiger partial charge in [0.2, 0.25) is 5.91 Å². The highest BCUT2D eigenvalue weighted by Crippen LogP contribution is 2.13. The predicted molar refractivity (Wildman–Crippen MR) is 93.7 cm³/mol. The van der Waals surface area contributed by atoms with Crippen molar-refractivity contribution in [3.8, 4) is 5.75 Å². The maximum Gasteiger partial charge on any atom is 0.220 e. The minimum Gasteiger partial charge on any atom is -0.492 e. The summed E-state index contributed by atoms with van der Waals surface area (Å²) in [7, 11) is 0. The number of carbonyl (C=O) groups is 1. The third-order valence-corrected chi connectivity index (χ3v) is 3.64. The second-order valence-corrected chi connectivity index (χ2v) is 5.58. The van der Waals surface area contributed by atoms with Crippen molar-refractivity contribution in [1.82, 2.24) is 5.32 Å². The molecular weight excluding hydrogens is 286 g/mol. The van der Waals surface area contributed by atoms with Gasteiger partial charge in [0.1, 0.15) is 12.4 Å². The normalized spacial score (nSPS) is 10.3. The highest BCUT2D eigenvalue weighted by molar-refractivity contribution is 5.76. The van der Waals surface area contributed by atoms with E-state index in [1.165, 1.54) is 11.1 Å². The Bertz CT molecular complexity index is 578. The Kier molecular flexibility index (Phi) is 7.18. The molecule has 0 bridgehead atoms. The van der Waals surface area contributed by atoms with Crippen LogP contribution in [-0.4, -0.2) is 19.1 Å². The van der Waals surface area contributed by atoms with Gasteiger partial charge in [0.15, 0.2) is 0 Å². The molecule has 0 atom stereocenters. The van der Waals surface area contributed by atoms with E-state index < -0.39 is 0 Å². The van der Waals surface area contributed by atoms with E-state index in [9.17, 15) is 4.79 Å². The summed E-state index contributed by atoms with van der Waals surface area (Å²) in [5.41, 5.74) is 2.51. The smallest absolute Gasteiger partial charge is 0.220 e. The molecule has 3 nitrogen and oxygen atoms in total. The van der Waals surface area contributed by atoms with Crippen molar-refractivity contribution in [3.05, 3.63) is 65.7 Å². The van der Waals surface area contributed by atoms with E-state index in [4.69, 9.17) is 4.74 Å². The molecule has 0 aliphatic carbocycles. The summed E-state index contributed by atoms with van der Waals surface area (Å²) in [6.07, 6.45) is 3.52. The standard InChI is InChI=1S/C20H25NO2/c1-2-6-17-9-12-19(13-10-17)23-16-15-21-20(22)14-11-18-7-4-3-5-8-18/h3-5,7-10,12-13H,2,6,11,14-16H2,1H3,(H,21,22). The van der Waals surface area contributed by atoms with E-state index in [1.807, 2.05) is 42.5 Å². The maximum absolute atomic E-state index is 11.8. The summed E-state index contributed by atoms with van der Waals surface area (Å²) >= 11 is 0. The molecule has 2 aromatic rings. The molecule has 2 aromatic carbocycles. The number of rotatable bonds is 9. The summed E-state index contributed by atoms with van der Waals surface area (Å²) in [4.78, 5) is 11.8. The number of nitrogens with one attached hydrogen (secondary N) is 1. The van der Waals surface area contributed by atoms with Crippen LogP contribution in [0.4, 0.5) is 0 Å². The molecular formula is C20H25NO2. The van der Waals surface area contributed by atoms with Gasteiger partial charge in [0.25, 0.3) is 0 Å². The molecule has 0 unspecified atom stereocenters. The molecule has 0 aromatic heterocycles. The molecule has 3 heteroatoms. The van der Waals surface area contributed by atoms with Gasteiger partial charge in [-0.2, -0.15) is 0 Å². The van der Waals surface area contributed by atoms with E-state index in [-0.39, 0.29) is 5.91 Å². The molecule has 0 saturated heterocycles. The van der Waals surface area contributed by atoms with Crippen LogP contribution in [-0.2, 0) is 17.6 Å². The van der Waals surface area contributed by atoms with Crippen LogP contribution in [0.3, 0.4) is 0 Å². The van der Waals surface area contributed by atoms with Crippen LogP contribution in [0.25, 0.3) is 0 Å². The van der Waals surface area contributed by atoms with Crippen LogP contribution in [0.5, 0.6) is 5.75 Å². The largest absolute Gasteiger partial charge is 0.492 e. The Morgan fingerprint density at radius 2 is 1.65 bits per heavy atom. The molecule has 0 aliphatic heterocycles. The second kappa shape index (κ2) is 9.67. The van der Waals surface area contributed by atoms with Crippen molar-refractivity contribution in [1.29, 1.82) is 0 Å². The monoisotopic (exact) mass is 311 g/mol. The molecule has 0 fully saturated rings. The summed E-state index contributed by atoms with van der Waals surface area (Å²) in [5, 5.41) is 2.89. The number of benzene rings is 2. The molecule has 0 radical (unpaired) electrons. The molecule has 0 aliphatic rings. The molecule has 1 amide bonds. The number of aryl methyl sites for hydroxylation is 2. The van der Waals surface area contributed by atoms with Gasteiger partial charge >= 0.3 is 0 Å². The highest BCUT2D eigenvalue weighted by atomic mass is 16.5. The third kappa shape index (κ3) is 6.55. The zero-order valence-corrected chi connectivity index (χ0v) is 13.8. The van der Waals surface area contributed by atoms with Crippen LogP contribution in [0.1, 0.15) is 30.9 Å². The summed E-state index contributed by atoms with van der Waals surface area (Å²) in [5.74, 6) is 0.916. The van der Waals surface area contributed by atoms with Crippen LogP contribution in [0, 0.1) is 0 Å². The first-order chi connectivity index (χ1) is 11.3. The van der Waals surface area contributed by atoms with E-state index in [0.717, 1.165) is 25.0 Å². The fraction of sp³-hybridized carbons (Fsp3) is 0.350. The lowest BCUT2D eigenvalue weighted by atomic mass is 10.1. The van der Waals surface area contributed by atoms with Gasteiger partial charge in [-0.25, -0.2) is 0 Å². The average Bonchev–Trinajstić information content (AvgIpc) is 2.59. The lowest BCUT2D eigenvalue weighted by Crippen LogP contribution is -2.28. The fourth-order valence-electron chi connectivity index (χ4n) is 2.39. The average molecular weight is 311 g/mol. The minimum absolute atomic E-state index is 0.0655. The van der Waals surface area contributed by atoms with E-state index in [1.54, 1.807) is 0 Å². The van der Waals surface area contributed by atoms with Crippen molar-refractivity contribution in [2.75, 3.05) is 13.2 Å². The fourth-order valence-corrected chi connectivity index (χ4v) is 2.39. The molecule has 23 heavy (non-hydrogen) atoms. The van der Waals surface area contributed by atoms with Gasteiger partial charge in [-0.3, -0.25) is 4.79 Å². The quantitative estimate of drug-likeness (QED) is 0.716. The highest BCUT2D eigenvalue weighted by Gasteiger charge is 2.02. The summed E-state index contributed by atoms with van der Waals surface area (Å²) in [6.45, 7) is 3.19. The van der Waals surface area contributed by atoms with Gasteiger partial charge in [0.05, 0.1) is 6.54 Å². The Labute approximate surface area is 138 Å². The number of hydrogen-bond donors (Lipinski definition) is 1. The Hall–Kier alpha value is -2.29. The molecule has 2 rings (SSSR count). The molecule has 1 N–H and O–H groups in total. The first-order valence-electron chi connectivity index (χ1n) is 8.30. The first kappa shape index (κ1) is 17.1. The van der Waals surface area contributed by atoms with E-state index in [2.05, 4.69) is 24.4 Å². The van der Waals surface area contributed by atoms with Gasteiger partial charge < -0.3 is 10.1 Å². The van der Waals surface area contributed by atoms with Crippen molar-refractivity contribution in [2.24, 2.45) is 0 Å². The second-order valence-electron chi connectivity index (χ2n) is 5.58. The van der Waals surface area contributed by atoms with Crippen molar-refractivity contribution in [3.63, 3.8) is 0 Å². The zero-order chi connectivity index (χ0) is 16.3. The van der Waals surface area contributed by atoms with Crippen LogP contribution < -0.4 is 10.1 Å². The maximum atomic E-state index is 11.8. The van der Waals surface area contributed by atoms with E-state index in [0.29, 0.717) is 19.6 Å². The Morgan fingerprint density at radius 3 is 2.35 bits per heavy atom. The van der Waals surface area contributed by atoms with Crippen LogP contribution >= 0.6 is 0 Å². The first-order valence-corrected chi connectivity index (χ1v) is 8.30. The minimum atomic E-state index is 0.0655. The lowest BCUT2D eigenvalue weighted by molar-refractivity contribution is -0.121. The SMILES string of the molecule is CCCc1ccc(OCCNC(=O)CCc2ccccc2)cc1. The van der Waals surface area contributed by atoms with Crippen LogP contribution in [0.2, 0.25) is 0 Å². The predicted octanol–water partition coefficient (Wildman–Crippen LogP) is 3.77. The Morgan fingerprint density at radius 1 is 0.957 bits per heavy atom. The third-order valence-electron chi connectivity index (χ3n) is 3.64. The number of hydrogen-bond acceptors (Lipinski definition) is 2. The van der Waals surface area contributed by atoms with Gasteiger partial charge in [-0.1, -0.05) is 55.8 Å². The van der Waals surface area contributed by atoms with Crippen molar-refractivity contribution in [2.45, 2.75) is 32.6 Å². The zero-order valence-electron chi connectivity index (χ0n) is 13.8. The number of carbonyl (C=O) groups excluding carboxylic acids is 1. The van der Waals surface area contributed by atoms with Crippen molar-refractivity contribution >= 4 is 5.91 Å². The molecule has 0 heterocycles. The summed E-state index contributed by atoms with van der Waals surface area (Å²) in [6, 6.07) is 18.2. The molecule has 0 spiro atoms. The molecule has 122 valence electrons. The summed E-state index contributed by atoms with van der Waals surface area (Å²) < 4.78 is 5.64. The van der Waals surface area contributed by atoms with Gasteiger partial charge in [-0.15, -0.1) is 0 Å². The van der Waals surface area contributed by atoms with Crippen LogP contribution in [0.15, 0.2) is 54.6 Å². The van der Waals surface area contributed by atoms with E-state index >= 15 is 0 Å². The topological polar surface area (TPSA) is 38.3 Å². The Balaban J connectivity index is 1.60. The number of amides is 1. The van der Waals surface area contributed by atoms with Gasteiger partial charge in [-0.05, 0) is 36.1 Å². The number of ether oxygens (including phenoxy) is 1. The van der Waals surface area contributed by atoms with Crippen molar-refractivity contribution < 1.29 is 9.53 Å². The molecule has 0 saturated carbocycles. The van der Waals surface area contributed by atoms with Gasteiger partial charge in [0, 0.05) is 6.42 Å².